The molecule has 12 heteroatoms. The van der Waals surface area contributed by atoms with E-state index < -0.39 is 41.8 Å². The van der Waals surface area contributed by atoms with Gasteiger partial charge in [-0.2, -0.15) is 0 Å². The average Bonchev–Trinajstić information content (AvgIpc) is 2.82. The van der Waals surface area contributed by atoms with Crippen molar-refractivity contribution in [3.05, 3.63) is 35.4 Å². The first-order valence-corrected chi connectivity index (χ1v) is 11.6. The van der Waals surface area contributed by atoms with Crippen LogP contribution in [0.15, 0.2) is 24.3 Å². The van der Waals surface area contributed by atoms with Gasteiger partial charge in [0.25, 0.3) is 0 Å². The van der Waals surface area contributed by atoms with E-state index in [4.69, 9.17) is 11.5 Å². The summed E-state index contributed by atoms with van der Waals surface area (Å²) in [7, 11) is 1.84. The monoisotopic (exact) mass is 489 g/mol. The average molecular weight is 490 g/mol. The summed E-state index contributed by atoms with van der Waals surface area (Å²) in [4.78, 5) is 63.1. The standard InChI is InChI=1S/C23H35N7O5/c1-3-17-22(34)26-9-11-30(2)10-8-18(23(35)27-13-19(31)28-17)29-21(33)16(24)12-14-4-6-15(7-5-14)20(25)32/h4-7,16-18H,3,8-13,24H2,1-2H3,(H2,25,32)(H,26,34)(H,27,35)(H,28,31)(H,29,33)/t16?,17-,18+/m0/s1. The number of rotatable bonds is 6. The molecule has 1 aromatic carbocycles. The predicted molar refractivity (Wildman–Crippen MR) is 129 cm³/mol. The van der Waals surface area contributed by atoms with Gasteiger partial charge in [0.05, 0.1) is 12.6 Å². The van der Waals surface area contributed by atoms with Gasteiger partial charge < -0.3 is 37.6 Å². The van der Waals surface area contributed by atoms with Crippen LogP contribution in [0.2, 0.25) is 0 Å². The Morgan fingerprint density at radius 1 is 1.11 bits per heavy atom. The Morgan fingerprint density at radius 2 is 1.80 bits per heavy atom. The number of primary amides is 1. The number of nitrogens with two attached hydrogens (primary N) is 2. The molecular weight excluding hydrogens is 454 g/mol. The molecular formula is C23H35N7O5. The molecule has 2 rings (SSSR count). The van der Waals surface area contributed by atoms with Crippen LogP contribution >= 0.6 is 0 Å². The quantitative estimate of drug-likeness (QED) is 0.257. The van der Waals surface area contributed by atoms with Crippen LogP contribution in [0.5, 0.6) is 0 Å². The van der Waals surface area contributed by atoms with Crippen LogP contribution in [0, 0.1) is 0 Å². The number of carbonyl (C=O) groups excluding carboxylic acids is 5. The van der Waals surface area contributed by atoms with Crippen molar-refractivity contribution in [2.24, 2.45) is 11.5 Å². The topological polar surface area (TPSA) is 189 Å². The minimum absolute atomic E-state index is 0.194. The first-order chi connectivity index (χ1) is 16.6. The maximum atomic E-state index is 12.8. The van der Waals surface area contributed by atoms with E-state index in [0.29, 0.717) is 31.6 Å². The summed E-state index contributed by atoms with van der Waals surface area (Å²) in [6, 6.07) is 3.91. The lowest BCUT2D eigenvalue weighted by atomic mass is 10.0. The molecule has 1 saturated heterocycles. The summed E-state index contributed by atoms with van der Waals surface area (Å²) >= 11 is 0. The maximum Gasteiger partial charge on any atom is 0.248 e. The predicted octanol–water partition coefficient (Wildman–Crippen LogP) is -2.40. The van der Waals surface area contributed by atoms with Gasteiger partial charge in [-0.15, -0.1) is 0 Å². The van der Waals surface area contributed by atoms with Crippen molar-refractivity contribution < 1.29 is 24.0 Å². The second kappa shape index (κ2) is 13.4. The van der Waals surface area contributed by atoms with Crippen LogP contribution in [-0.4, -0.2) is 85.8 Å². The minimum Gasteiger partial charge on any atom is -0.366 e. The number of nitrogens with one attached hydrogen (secondary N) is 4. The molecule has 12 nitrogen and oxygen atoms in total. The molecule has 3 atom stereocenters. The van der Waals surface area contributed by atoms with E-state index >= 15 is 0 Å². The van der Waals surface area contributed by atoms with Gasteiger partial charge >= 0.3 is 0 Å². The third kappa shape index (κ3) is 8.98. The number of benzene rings is 1. The molecule has 1 unspecified atom stereocenters. The summed E-state index contributed by atoms with van der Waals surface area (Å²) in [5.74, 6) is -2.37. The smallest absolute Gasteiger partial charge is 0.248 e. The lowest BCUT2D eigenvalue weighted by molar-refractivity contribution is -0.132. The van der Waals surface area contributed by atoms with Crippen LogP contribution in [0.4, 0.5) is 0 Å². The molecule has 0 saturated carbocycles. The number of amides is 5. The fraction of sp³-hybridized carbons (Fsp3) is 0.522. The second-order valence-corrected chi connectivity index (χ2v) is 8.56. The van der Waals surface area contributed by atoms with E-state index in [9.17, 15) is 24.0 Å². The minimum atomic E-state index is -0.933. The molecule has 8 N–H and O–H groups in total. The van der Waals surface area contributed by atoms with Crippen molar-refractivity contribution in [1.29, 1.82) is 0 Å². The molecule has 1 heterocycles. The van der Waals surface area contributed by atoms with Crippen LogP contribution in [0.25, 0.3) is 0 Å². The Balaban J connectivity index is 2.03. The summed E-state index contributed by atoms with van der Waals surface area (Å²) < 4.78 is 0. The van der Waals surface area contributed by atoms with Gasteiger partial charge in [-0.1, -0.05) is 19.1 Å². The third-order valence-electron chi connectivity index (χ3n) is 5.74. The van der Waals surface area contributed by atoms with Crippen LogP contribution < -0.4 is 32.7 Å². The Bertz CT molecular complexity index is 921. The van der Waals surface area contributed by atoms with Gasteiger partial charge in [0.2, 0.25) is 29.5 Å². The molecule has 0 radical (unpaired) electrons. The highest BCUT2D eigenvalue weighted by Gasteiger charge is 2.26. The van der Waals surface area contributed by atoms with E-state index in [1.54, 1.807) is 31.2 Å². The molecule has 0 aromatic heterocycles. The number of hydrogen-bond acceptors (Lipinski definition) is 7. The summed E-state index contributed by atoms with van der Waals surface area (Å²) in [6.07, 6.45) is 0.879. The molecule has 1 aliphatic rings. The first kappa shape index (κ1) is 27.7. The Labute approximate surface area is 204 Å². The Hall–Kier alpha value is -3.51. The highest BCUT2D eigenvalue weighted by Crippen LogP contribution is 2.07. The molecule has 192 valence electrons. The van der Waals surface area contributed by atoms with E-state index in [1.807, 2.05) is 11.9 Å². The fourth-order valence-corrected chi connectivity index (χ4v) is 3.54. The van der Waals surface area contributed by atoms with E-state index in [0.717, 1.165) is 5.56 Å². The highest BCUT2D eigenvalue weighted by molar-refractivity contribution is 5.94. The van der Waals surface area contributed by atoms with Gasteiger partial charge in [-0.25, -0.2) is 0 Å². The van der Waals surface area contributed by atoms with Crippen molar-refractivity contribution in [1.82, 2.24) is 26.2 Å². The van der Waals surface area contributed by atoms with Crippen LogP contribution in [0.3, 0.4) is 0 Å². The van der Waals surface area contributed by atoms with Crippen molar-refractivity contribution >= 4 is 29.5 Å². The largest absolute Gasteiger partial charge is 0.366 e. The molecule has 0 bridgehead atoms. The van der Waals surface area contributed by atoms with Gasteiger partial charge in [0.1, 0.15) is 12.1 Å². The summed E-state index contributed by atoms with van der Waals surface area (Å²) in [5.41, 5.74) is 12.4. The molecule has 0 spiro atoms. The number of hydrogen-bond donors (Lipinski definition) is 6. The highest BCUT2D eigenvalue weighted by atomic mass is 16.2. The Morgan fingerprint density at radius 3 is 2.43 bits per heavy atom. The van der Waals surface area contributed by atoms with Gasteiger partial charge in [-0.05, 0) is 44.0 Å². The summed E-state index contributed by atoms with van der Waals surface area (Å²) in [6.45, 7) is 2.81. The molecule has 0 aliphatic carbocycles. The third-order valence-corrected chi connectivity index (χ3v) is 5.74. The van der Waals surface area contributed by atoms with E-state index in [-0.39, 0.29) is 25.3 Å². The molecule has 5 amide bonds. The molecule has 1 aliphatic heterocycles. The SMILES string of the molecule is CC[C@@H]1NC(=O)CNC(=O)[C@H](NC(=O)C(N)Cc2ccc(C(N)=O)cc2)CCN(C)CCNC1=O. The lowest BCUT2D eigenvalue weighted by Gasteiger charge is -2.25. The summed E-state index contributed by atoms with van der Waals surface area (Å²) in [5, 5.41) is 10.6. The fourth-order valence-electron chi connectivity index (χ4n) is 3.54. The number of likely N-dealkylation sites (N-methyl/N-ethyl adjacent to an activating group) is 1. The van der Waals surface area contributed by atoms with Crippen molar-refractivity contribution in [2.45, 2.75) is 44.3 Å². The Kier molecular flexibility index (Phi) is 10.6. The van der Waals surface area contributed by atoms with E-state index in [1.165, 1.54) is 0 Å². The lowest BCUT2D eigenvalue weighted by Crippen LogP contribution is -2.55. The van der Waals surface area contributed by atoms with Crippen molar-refractivity contribution in [2.75, 3.05) is 33.2 Å². The zero-order valence-electron chi connectivity index (χ0n) is 20.1. The molecule has 1 aromatic rings. The maximum absolute atomic E-state index is 12.8. The molecule has 35 heavy (non-hydrogen) atoms. The number of nitrogens with zero attached hydrogens (tertiary/aromatic N) is 1. The van der Waals surface area contributed by atoms with Crippen molar-refractivity contribution in [3.8, 4) is 0 Å². The van der Waals surface area contributed by atoms with Gasteiger partial charge in [0.15, 0.2) is 0 Å². The van der Waals surface area contributed by atoms with Gasteiger partial charge in [0, 0.05) is 25.2 Å². The normalized spacial score (nSPS) is 21.6. The van der Waals surface area contributed by atoms with Gasteiger partial charge in [-0.3, -0.25) is 24.0 Å². The zero-order valence-corrected chi connectivity index (χ0v) is 20.1. The van der Waals surface area contributed by atoms with E-state index in [2.05, 4.69) is 21.3 Å². The first-order valence-electron chi connectivity index (χ1n) is 11.6. The zero-order chi connectivity index (χ0) is 26.0. The van der Waals surface area contributed by atoms with Crippen LogP contribution in [-0.2, 0) is 25.6 Å². The van der Waals surface area contributed by atoms with Crippen molar-refractivity contribution in [3.63, 3.8) is 0 Å². The number of carbonyl (C=O) groups is 5. The second-order valence-electron chi connectivity index (χ2n) is 8.56. The molecule has 1 fully saturated rings. The van der Waals surface area contributed by atoms with Crippen LogP contribution in [0.1, 0.15) is 35.7 Å².